The SMILES string of the molecule is CC1(C)O[C@H]2O[C@H]([C@@H](CO[Si](C)(C)C(C)(C)C)O[C@H]3O[C@H](COC(=O)c4ccccc4)[C@@H](OC(=O)c4ccccc4)[C@H](OC(=O)c4ccccc4)[C@@H]3OC(=O)c3ccccc3)[C@H](OCc3ccccc3)[C@H]2O1. The molecule has 72 heavy (non-hydrogen) atoms. The number of esters is 4. The number of carbonyl (C=O) groups excluding carboxylic acids is 4. The lowest BCUT2D eigenvalue weighted by Gasteiger charge is -2.46. The van der Waals surface area contributed by atoms with E-state index in [1.165, 1.54) is 0 Å². The number of carbonyl (C=O) groups is 4. The topological polar surface area (TPSA) is 170 Å². The maximum Gasteiger partial charge on any atom is 0.338 e. The molecule has 0 spiro atoms. The largest absolute Gasteiger partial charge is 0.459 e. The van der Waals surface area contributed by atoms with Gasteiger partial charge in [-0.05, 0) is 86.1 Å². The Hall–Kier alpha value is -6.08. The fraction of sp³-hybridized carbons (Fsp3) is 0.393. The Kier molecular flexibility index (Phi) is 16.5. The minimum absolute atomic E-state index is 0.0943. The summed E-state index contributed by atoms with van der Waals surface area (Å²) in [5, 5.41) is -0.251. The van der Waals surface area contributed by atoms with Crippen molar-refractivity contribution < 1.29 is 71.0 Å². The highest BCUT2D eigenvalue weighted by atomic mass is 28.4. The van der Waals surface area contributed by atoms with Crippen LogP contribution in [0.3, 0.4) is 0 Å². The van der Waals surface area contributed by atoms with Gasteiger partial charge in [0.1, 0.15) is 37.1 Å². The van der Waals surface area contributed by atoms with Gasteiger partial charge in [-0.25, -0.2) is 19.2 Å². The molecule has 8 rings (SSSR count). The van der Waals surface area contributed by atoms with E-state index < -0.39 is 106 Å². The normalized spacial score (nSPS) is 25.1. The van der Waals surface area contributed by atoms with Crippen LogP contribution in [-0.4, -0.2) is 113 Å². The van der Waals surface area contributed by atoms with Gasteiger partial charge in [0.2, 0.25) is 0 Å². The van der Waals surface area contributed by atoms with Crippen molar-refractivity contribution in [2.24, 2.45) is 0 Å². The summed E-state index contributed by atoms with van der Waals surface area (Å²) in [6.45, 7) is 13.6. The summed E-state index contributed by atoms with van der Waals surface area (Å²) in [6, 6.07) is 42.4. The molecule has 3 heterocycles. The first-order valence-corrected chi connectivity index (χ1v) is 27.0. The number of hydrogen-bond acceptors (Lipinski definition) is 15. The lowest BCUT2D eigenvalue weighted by atomic mass is 9.97. The summed E-state index contributed by atoms with van der Waals surface area (Å²) in [6.07, 6.45) is -12.5. The Balaban J connectivity index is 1.24. The van der Waals surface area contributed by atoms with Gasteiger partial charge in [-0.1, -0.05) is 124 Å². The Morgan fingerprint density at radius 1 is 0.583 bits per heavy atom. The van der Waals surface area contributed by atoms with Crippen molar-refractivity contribution in [2.45, 2.75) is 127 Å². The van der Waals surface area contributed by atoms with Crippen LogP contribution in [0, 0.1) is 0 Å². The van der Waals surface area contributed by atoms with Gasteiger partial charge in [-0.15, -0.1) is 0 Å². The molecule has 16 heteroatoms. The zero-order valence-corrected chi connectivity index (χ0v) is 42.5. The smallest absolute Gasteiger partial charge is 0.338 e. The van der Waals surface area contributed by atoms with Gasteiger partial charge < -0.3 is 51.8 Å². The lowest BCUT2D eigenvalue weighted by molar-refractivity contribution is -0.323. The quantitative estimate of drug-likeness (QED) is 0.0462. The summed E-state index contributed by atoms with van der Waals surface area (Å²) >= 11 is 0. The van der Waals surface area contributed by atoms with Crippen molar-refractivity contribution in [3.05, 3.63) is 179 Å². The van der Waals surface area contributed by atoms with Gasteiger partial charge in [-0.2, -0.15) is 0 Å². The maximum atomic E-state index is 14.4. The van der Waals surface area contributed by atoms with Crippen molar-refractivity contribution >= 4 is 32.2 Å². The maximum absolute atomic E-state index is 14.4. The molecule has 0 aliphatic carbocycles. The molecule has 0 unspecified atom stereocenters. The average molecular weight is 1000 g/mol. The molecule has 0 radical (unpaired) electrons. The van der Waals surface area contributed by atoms with Crippen molar-refractivity contribution in [2.75, 3.05) is 13.2 Å². The number of ether oxygens (including phenoxy) is 10. The van der Waals surface area contributed by atoms with Crippen LogP contribution in [0.1, 0.15) is 81.6 Å². The molecular formula is C56H62O15Si. The van der Waals surface area contributed by atoms with E-state index in [2.05, 4.69) is 33.9 Å². The highest BCUT2D eigenvalue weighted by molar-refractivity contribution is 6.74. The van der Waals surface area contributed by atoms with Gasteiger partial charge >= 0.3 is 23.9 Å². The molecule has 0 N–H and O–H groups in total. The van der Waals surface area contributed by atoms with Crippen LogP contribution < -0.4 is 0 Å². The van der Waals surface area contributed by atoms with Gasteiger partial charge in [0.15, 0.2) is 45.0 Å². The number of hydrogen-bond donors (Lipinski definition) is 0. The predicted molar refractivity (Wildman–Crippen MR) is 264 cm³/mol. The molecule has 0 bridgehead atoms. The van der Waals surface area contributed by atoms with Gasteiger partial charge in [0.05, 0.1) is 35.5 Å². The Morgan fingerprint density at radius 3 is 1.54 bits per heavy atom. The summed E-state index contributed by atoms with van der Waals surface area (Å²) in [5.74, 6) is -4.25. The molecule has 0 saturated carbocycles. The van der Waals surface area contributed by atoms with Crippen LogP contribution in [0.15, 0.2) is 152 Å². The van der Waals surface area contributed by atoms with Gasteiger partial charge in [0.25, 0.3) is 0 Å². The molecule has 3 aliphatic heterocycles. The highest BCUT2D eigenvalue weighted by Gasteiger charge is 2.60. The Bertz CT molecular complexity index is 2580. The third-order valence-corrected chi connectivity index (χ3v) is 17.6. The van der Waals surface area contributed by atoms with E-state index in [-0.39, 0.29) is 40.5 Å². The molecule has 15 nitrogen and oxygen atoms in total. The van der Waals surface area contributed by atoms with Gasteiger partial charge in [-0.3, -0.25) is 0 Å². The van der Waals surface area contributed by atoms with Crippen LogP contribution in [0.4, 0.5) is 0 Å². The molecule has 3 fully saturated rings. The first-order valence-electron chi connectivity index (χ1n) is 24.1. The second kappa shape index (κ2) is 22.8. The fourth-order valence-electron chi connectivity index (χ4n) is 8.29. The summed E-state index contributed by atoms with van der Waals surface area (Å²) in [7, 11) is -2.57. The summed E-state index contributed by atoms with van der Waals surface area (Å²) < 4.78 is 71.9. The third-order valence-electron chi connectivity index (χ3n) is 13.1. The molecular weight excluding hydrogens is 941 g/mol. The summed E-state index contributed by atoms with van der Waals surface area (Å²) in [5.41, 5.74) is 1.58. The standard InChI is InChI=1S/C56H62O15Si/c1-55(2,3)72(6,7)63-35-42(43-45(61-33-36-23-13-8-14-24-36)48-54(69-43)71-56(4,5)70-48)65-53-47(68-52(60)40-31-21-12-22-32-40)46(67-51(59)39-29-19-11-20-30-39)44(66-50(58)38-27-17-10-18-28-38)41(64-53)34-62-49(57)37-25-15-9-16-26-37/h8-32,41-48,53-54H,33-35H2,1-7H3/t41-,42-,43-,44-,45+,46+,47+,48-,53-,54-/m1/s1. The lowest BCUT2D eigenvalue weighted by Crippen LogP contribution is -2.64. The molecule has 10 atom stereocenters. The third kappa shape index (κ3) is 12.7. The van der Waals surface area contributed by atoms with E-state index in [1.807, 2.05) is 30.3 Å². The molecule has 5 aromatic rings. The molecule has 0 amide bonds. The van der Waals surface area contributed by atoms with Crippen molar-refractivity contribution in [1.29, 1.82) is 0 Å². The number of benzene rings is 5. The minimum Gasteiger partial charge on any atom is -0.459 e. The van der Waals surface area contributed by atoms with E-state index in [0.717, 1.165) is 5.56 Å². The molecule has 3 aliphatic rings. The zero-order valence-electron chi connectivity index (χ0n) is 41.5. The van der Waals surface area contributed by atoms with E-state index in [1.54, 1.807) is 135 Å². The second-order valence-electron chi connectivity index (χ2n) is 19.8. The number of fused-ring (bicyclic) bond motifs is 1. The van der Waals surface area contributed by atoms with Crippen molar-refractivity contribution in [3.8, 4) is 0 Å². The predicted octanol–water partition coefficient (Wildman–Crippen LogP) is 9.11. The average Bonchev–Trinajstić information content (AvgIpc) is 3.87. The Labute approximate surface area is 421 Å². The Morgan fingerprint density at radius 2 is 1.04 bits per heavy atom. The van der Waals surface area contributed by atoms with Crippen molar-refractivity contribution in [3.63, 3.8) is 0 Å². The van der Waals surface area contributed by atoms with Crippen LogP contribution in [0.5, 0.6) is 0 Å². The minimum atomic E-state index is -2.57. The molecule has 3 saturated heterocycles. The fourth-order valence-corrected chi connectivity index (χ4v) is 9.30. The van der Waals surface area contributed by atoms with Crippen LogP contribution >= 0.6 is 0 Å². The van der Waals surface area contributed by atoms with E-state index in [4.69, 9.17) is 51.8 Å². The monoisotopic (exact) mass is 1000 g/mol. The molecule has 380 valence electrons. The second-order valence-corrected chi connectivity index (χ2v) is 24.6. The van der Waals surface area contributed by atoms with Crippen LogP contribution in [0.25, 0.3) is 0 Å². The van der Waals surface area contributed by atoms with Gasteiger partial charge in [0, 0.05) is 0 Å². The number of rotatable bonds is 18. The van der Waals surface area contributed by atoms with E-state index in [0.29, 0.717) is 0 Å². The summed E-state index contributed by atoms with van der Waals surface area (Å²) in [4.78, 5) is 56.6. The van der Waals surface area contributed by atoms with Crippen LogP contribution in [-0.2, 0) is 58.4 Å². The molecule has 0 aromatic heterocycles. The first-order chi connectivity index (χ1) is 34.5. The molecule has 5 aromatic carbocycles. The van der Waals surface area contributed by atoms with Crippen LogP contribution in [0.2, 0.25) is 18.1 Å². The first kappa shape index (κ1) is 52.2. The zero-order chi connectivity index (χ0) is 51.0. The van der Waals surface area contributed by atoms with E-state index >= 15 is 0 Å². The van der Waals surface area contributed by atoms with Crippen molar-refractivity contribution in [1.82, 2.24) is 0 Å². The van der Waals surface area contributed by atoms with E-state index in [9.17, 15) is 19.2 Å². The highest BCUT2D eigenvalue weighted by Crippen LogP contribution is 2.43.